The molecule has 1 aliphatic rings. The van der Waals surface area contributed by atoms with E-state index in [1.165, 1.54) is 0 Å². The van der Waals surface area contributed by atoms with Gasteiger partial charge >= 0.3 is 0 Å². The zero-order chi connectivity index (χ0) is 15.9. The minimum absolute atomic E-state index is 0.0270. The quantitative estimate of drug-likeness (QED) is 0.714. The van der Waals surface area contributed by atoms with Crippen LogP contribution in [0.2, 0.25) is 0 Å². The van der Waals surface area contributed by atoms with Crippen LogP contribution in [0.3, 0.4) is 0 Å². The molecule has 1 aromatic carbocycles. The molecule has 1 saturated heterocycles. The van der Waals surface area contributed by atoms with Gasteiger partial charge in [0.1, 0.15) is 16.9 Å². The summed E-state index contributed by atoms with van der Waals surface area (Å²) in [5.41, 5.74) is 1.02. The van der Waals surface area contributed by atoms with Crippen molar-refractivity contribution < 1.29 is 14.3 Å². The van der Waals surface area contributed by atoms with Crippen LogP contribution < -0.4 is 9.47 Å². The minimum atomic E-state index is 0.0270. The summed E-state index contributed by atoms with van der Waals surface area (Å²) in [4.78, 5) is 14.5. The molecule has 0 saturated carbocycles. The number of carbonyl (C=O) groups excluding carboxylic acids is 1. The van der Waals surface area contributed by atoms with Crippen molar-refractivity contribution >= 4 is 17.7 Å². The molecule has 1 aliphatic heterocycles. The second-order valence-corrected chi connectivity index (χ2v) is 6.56. The van der Waals surface area contributed by atoms with E-state index < -0.39 is 0 Å². The van der Waals surface area contributed by atoms with Crippen molar-refractivity contribution in [2.75, 3.05) is 26.5 Å². The molecule has 0 bridgehead atoms. The molecule has 1 amide bonds. The Hall–Kier alpha value is -1.36. The largest absolute Gasteiger partial charge is 0.497 e. The van der Waals surface area contributed by atoms with Crippen LogP contribution in [0.25, 0.3) is 0 Å². The normalized spacial score (nSPS) is 17.6. The van der Waals surface area contributed by atoms with Gasteiger partial charge in [-0.1, -0.05) is 19.8 Å². The number of methoxy groups -OCH3 is 2. The number of ether oxygens (including phenoxy) is 2. The fraction of sp³-hybridized carbons (Fsp3) is 0.588. The van der Waals surface area contributed by atoms with E-state index >= 15 is 0 Å². The summed E-state index contributed by atoms with van der Waals surface area (Å²) in [5.74, 6) is 2.81. The van der Waals surface area contributed by atoms with Gasteiger partial charge in [-0.3, -0.25) is 4.79 Å². The van der Waals surface area contributed by atoms with Crippen LogP contribution in [-0.2, 0) is 4.79 Å². The Balaban J connectivity index is 2.17. The highest BCUT2D eigenvalue weighted by Gasteiger charge is 2.32. The van der Waals surface area contributed by atoms with Gasteiger partial charge in [-0.2, -0.15) is 0 Å². The number of hydrogen-bond donors (Lipinski definition) is 0. The van der Waals surface area contributed by atoms with Gasteiger partial charge in [-0.25, -0.2) is 0 Å². The first-order valence-electron chi connectivity index (χ1n) is 7.84. The maximum Gasteiger partial charge on any atom is 0.223 e. The third-order valence-electron chi connectivity index (χ3n) is 3.91. The molecule has 1 heterocycles. The lowest BCUT2D eigenvalue weighted by Crippen LogP contribution is -2.30. The van der Waals surface area contributed by atoms with Gasteiger partial charge in [0.05, 0.1) is 14.2 Å². The van der Waals surface area contributed by atoms with Crippen LogP contribution in [0.15, 0.2) is 18.2 Å². The van der Waals surface area contributed by atoms with Crippen molar-refractivity contribution in [2.24, 2.45) is 0 Å². The van der Waals surface area contributed by atoms with Crippen molar-refractivity contribution in [3.63, 3.8) is 0 Å². The number of unbranched alkanes of at least 4 members (excludes halogenated alkanes) is 2. The van der Waals surface area contributed by atoms with E-state index in [0.29, 0.717) is 6.42 Å². The van der Waals surface area contributed by atoms with Crippen LogP contribution in [0, 0.1) is 0 Å². The Labute approximate surface area is 137 Å². The standard InChI is InChI=1S/C17H25NO3S/c1-4-5-6-7-16(19)18-10-11-22-17(18)14-12-13(20-2)8-9-15(14)21-3/h8-9,12,17H,4-7,10-11H2,1-3H3/t17-/m0/s1. The SMILES string of the molecule is CCCCCC(=O)N1CCS[C@H]1c1cc(OC)ccc1OC. The van der Waals surface area contributed by atoms with Gasteiger partial charge in [-0.15, -0.1) is 11.8 Å². The summed E-state index contributed by atoms with van der Waals surface area (Å²) in [6.45, 7) is 2.96. The maximum absolute atomic E-state index is 12.5. The van der Waals surface area contributed by atoms with E-state index in [1.807, 2.05) is 23.1 Å². The third kappa shape index (κ3) is 3.88. The molecular weight excluding hydrogens is 298 g/mol. The lowest BCUT2D eigenvalue weighted by Gasteiger charge is -2.26. The van der Waals surface area contributed by atoms with E-state index in [1.54, 1.807) is 26.0 Å². The molecule has 1 aromatic rings. The van der Waals surface area contributed by atoms with E-state index in [4.69, 9.17) is 9.47 Å². The predicted molar refractivity (Wildman–Crippen MR) is 90.6 cm³/mol. The van der Waals surface area contributed by atoms with E-state index in [9.17, 15) is 4.79 Å². The van der Waals surface area contributed by atoms with Gasteiger partial charge in [-0.05, 0) is 24.6 Å². The molecule has 4 nitrogen and oxygen atoms in total. The summed E-state index contributed by atoms with van der Waals surface area (Å²) in [6.07, 6.45) is 3.85. The van der Waals surface area contributed by atoms with Crippen LogP contribution in [-0.4, -0.2) is 37.3 Å². The second kappa shape index (κ2) is 8.32. The van der Waals surface area contributed by atoms with Gasteiger partial charge in [0.15, 0.2) is 0 Å². The molecule has 0 aromatic heterocycles. The zero-order valence-electron chi connectivity index (χ0n) is 13.6. The van der Waals surface area contributed by atoms with Crippen LogP contribution in [0.4, 0.5) is 0 Å². The highest BCUT2D eigenvalue weighted by atomic mass is 32.2. The summed E-state index contributed by atoms with van der Waals surface area (Å²) in [6, 6.07) is 5.77. The van der Waals surface area contributed by atoms with Crippen LogP contribution in [0.1, 0.15) is 43.5 Å². The van der Waals surface area contributed by atoms with Crippen molar-refractivity contribution in [3.05, 3.63) is 23.8 Å². The molecule has 0 aliphatic carbocycles. The Kier molecular flexibility index (Phi) is 6.43. The Bertz CT molecular complexity index is 507. The molecule has 2 rings (SSSR count). The molecule has 0 radical (unpaired) electrons. The maximum atomic E-state index is 12.5. The molecule has 5 heteroatoms. The highest BCUT2D eigenvalue weighted by molar-refractivity contribution is 7.99. The number of hydrogen-bond acceptors (Lipinski definition) is 4. The fourth-order valence-electron chi connectivity index (χ4n) is 2.69. The van der Waals surface area contributed by atoms with Crippen LogP contribution in [0.5, 0.6) is 11.5 Å². The highest BCUT2D eigenvalue weighted by Crippen LogP contribution is 2.43. The molecule has 0 unspecified atom stereocenters. The lowest BCUT2D eigenvalue weighted by molar-refractivity contribution is -0.131. The minimum Gasteiger partial charge on any atom is -0.497 e. The molecule has 122 valence electrons. The van der Waals surface area contributed by atoms with Crippen molar-refractivity contribution in [1.82, 2.24) is 4.90 Å². The Morgan fingerprint density at radius 1 is 1.32 bits per heavy atom. The third-order valence-corrected chi connectivity index (χ3v) is 5.15. The van der Waals surface area contributed by atoms with Gasteiger partial charge in [0, 0.05) is 24.3 Å². The Morgan fingerprint density at radius 2 is 2.14 bits per heavy atom. The first-order valence-corrected chi connectivity index (χ1v) is 8.89. The topological polar surface area (TPSA) is 38.8 Å². The molecule has 1 atom stereocenters. The van der Waals surface area contributed by atoms with E-state index in [-0.39, 0.29) is 11.3 Å². The summed E-state index contributed by atoms with van der Waals surface area (Å²) >= 11 is 1.79. The molecule has 22 heavy (non-hydrogen) atoms. The number of rotatable bonds is 7. The average molecular weight is 323 g/mol. The van der Waals surface area contributed by atoms with Crippen LogP contribution >= 0.6 is 11.8 Å². The van der Waals surface area contributed by atoms with Gasteiger partial charge < -0.3 is 14.4 Å². The van der Waals surface area contributed by atoms with Gasteiger partial charge in [0.2, 0.25) is 5.91 Å². The first kappa shape index (κ1) is 17.0. The number of benzene rings is 1. The molecule has 0 N–H and O–H groups in total. The van der Waals surface area contributed by atoms with Gasteiger partial charge in [0.25, 0.3) is 0 Å². The summed E-state index contributed by atoms with van der Waals surface area (Å²) in [5, 5.41) is 0.0270. The van der Waals surface area contributed by atoms with Crippen molar-refractivity contribution in [1.29, 1.82) is 0 Å². The van der Waals surface area contributed by atoms with Crippen molar-refractivity contribution in [2.45, 2.75) is 38.0 Å². The molecular formula is C17H25NO3S. The smallest absolute Gasteiger partial charge is 0.223 e. The zero-order valence-corrected chi connectivity index (χ0v) is 14.4. The Morgan fingerprint density at radius 3 is 2.82 bits per heavy atom. The second-order valence-electron chi connectivity index (χ2n) is 5.38. The number of amides is 1. The average Bonchev–Trinajstić information content (AvgIpc) is 3.03. The summed E-state index contributed by atoms with van der Waals surface area (Å²) in [7, 11) is 3.32. The fourth-order valence-corrected chi connectivity index (χ4v) is 3.98. The number of thioether (sulfide) groups is 1. The predicted octanol–water partition coefficient (Wildman–Crippen LogP) is 3.86. The lowest BCUT2D eigenvalue weighted by atomic mass is 10.1. The summed E-state index contributed by atoms with van der Waals surface area (Å²) < 4.78 is 10.8. The molecule has 0 spiro atoms. The first-order chi connectivity index (χ1) is 10.7. The number of nitrogens with zero attached hydrogens (tertiary/aromatic N) is 1. The van der Waals surface area contributed by atoms with Crippen molar-refractivity contribution in [3.8, 4) is 11.5 Å². The van der Waals surface area contributed by atoms with E-state index in [2.05, 4.69) is 6.92 Å². The monoisotopic (exact) mass is 323 g/mol. The number of carbonyl (C=O) groups is 1. The van der Waals surface area contributed by atoms with E-state index in [0.717, 1.165) is 48.6 Å². The molecule has 1 fully saturated rings.